The summed E-state index contributed by atoms with van der Waals surface area (Å²) < 4.78 is 11.0. The Balaban J connectivity index is 1.93. The molecule has 0 radical (unpaired) electrons. The molecule has 6 nitrogen and oxygen atoms in total. The van der Waals surface area contributed by atoms with Crippen LogP contribution in [0.5, 0.6) is 11.5 Å². The Morgan fingerprint density at radius 1 is 0.946 bits per heavy atom. The van der Waals surface area contributed by atoms with E-state index in [0.717, 1.165) is 11.1 Å². The Kier molecular flexibility index (Phi) is 7.32. The zero-order valence-corrected chi connectivity index (χ0v) is 22.3. The minimum Gasteiger partial charge on any atom is -0.507 e. The molecule has 1 amide bonds. The summed E-state index contributed by atoms with van der Waals surface area (Å²) in [6, 6.07) is 18.9. The van der Waals surface area contributed by atoms with Crippen LogP contribution in [0.2, 0.25) is 5.02 Å². The lowest BCUT2D eigenvalue weighted by Gasteiger charge is -2.26. The predicted octanol–water partition coefficient (Wildman–Crippen LogP) is 6.28. The second-order valence-corrected chi connectivity index (χ2v) is 10.4. The van der Waals surface area contributed by atoms with Crippen molar-refractivity contribution in [3.63, 3.8) is 0 Å². The van der Waals surface area contributed by atoms with Crippen LogP contribution in [0.25, 0.3) is 5.76 Å². The maximum Gasteiger partial charge on any atom is 0.295 e. The molecule has 1 aliphatic rings. The second kappa shape index (κ2) is 10.3. The standard InChI is InChI=1S/C30H30ClNO5/c1-30(2,3)20-12-15-24(37-5)22(16-20)27(33)25-26(18-10-13-21(31)14-11-18)32(29(35)28(25)34)17-19-8-6-7-9-23(19)36-4/h6-16,26,33H,17H2,1-5H3/b27-25+. The molecule has 0 bridgehead atoms. The number of hydrogen-bond acceptors (Lipinski definition) is 5. The Morgan fingerprint density at radius 2 is 1.59 bits per heavy atom. The number of nitrogens with zero attached hydrogens (tertiary/aromatic N) is 1. The summed E-state index contributed by atoms with van der Waals surface area (Å²) in [5.74, 6) is -0.771. The van der Waals surface area contributed by atoms with Gasteiger partial charge in [0.1, 0.15) is 17.3 Å². The largest absolute Gasteiger partial charge is 0.507 e. The summed E-state index contributed by atoms with van der Waals surface area (Å²) in [4.78, 5) is 28.4. The first-order valence-corrected chi connectivity index (χ1v) is 12.3. The molecule has 0 aliphatic carbocycles. The highest BCUT2D eigenvalue weighted by Gasteiger charge is 2.46. The molecule has 0 saturated carbocycles. The van der Waals surface area contributed by atoms with Gasteiger partial charge in [0.2, 0.25) is 0 Å². The number of ketones is 1. The molecule has 0 spiro atoms. The highest BCUT2D eigenvalue weighted by molar-refractivity contribution is 6.46. The number of aliphatic hydroxyl groups is 1. The van der Waals surface area contributed by atoms with Crippen molar-refractivity contribution in [1.82, 2.24) is 4.90 Å². The van der Waals surface area contributed by atoms with Gasteiger partial charge in [-0.05, 0) is 46.9 Å². The van der Waals surface area contributed by atoms with Crippen LogP contribution < -0.4 is 9.47 Å². The van der Waals surface area contributed by atoms with Gasteiger partial charge in [0.15, 0.2) is 0 Å². The number of carbonyl (C=O) groups is 2. The van der Waals surface area contributed by atoms with Crippen molar-refractivity contribution in [3.8, 4) is 11.5 Å². The van der Waals surface area contributed by atoms with Crippen LogP contribution in [0, 0.1) is 0 Å². The Hall–Kier alpha value is -3.77. The van der Waals surface area contributed by atoms with Crippen molar-refractivity contribution in [2.45, 2.75) is 38.8 Å². The molecule has 7 heteroatoms. The third-order valence-electron chi connectivity index (χ3n) is 6.58. The van der Waals surface area contributed by atoms with Crippen molar-refractivity contribution in [2.75, 3.05) is 14.2 Å². The summed E-state index contributed by atoms with van der Waals surface area (Å²) in [5, 5.41) is 12.1. The molecule has 3 aromatic rings. The van der Waals surface area contributed by atoms with E-state index in [1.807, 2.05) is 24.3 Å². The maximum absolute atomic E-state index is 13.5. The van der Waals surface area contributed by atoms with Crippen LogP contribution in [-0.4, -0.2) is 35.9 Å². The van der Waals surface area contributed by atoms with Gasteiger partial charge in [-0.25, -0.2) is 0 Å². The van der Waals surface area contributed by atoms with Crippen LogP contribution >= 0.6 is 11.6 Å². The van der Waals surface area contributed by atoms with E-state index in [1.54, 1.807) is 49.6 Å². The normalized spacial score (nSPS) is 17.2. The fourth-order valence-electron chi connectivity index (χ4n) is 4.56. The van der Waals surface area contributed by atoms with Gasteiger partial charge in [0, 0.05) is 10.6 Å². The molecule has 192 valence electrons. The first-order valence-electron chi connectivity index (χ1n) is 11.9. The molecule has 37 heavy (non-hydrogen) atoms. The van der Waals surface area contributed by atoms with Crippen LogP contribution in [0.3, 0.4) is 0 Å². The van der Waals surface area contributed by atoms with Gasteiger partial charge < -0.3 is 19.5 Å². The third-order valence-corrected chi connectivity index (χ3v) is 6.83. The van der Waals surface area contributed by atoms with Gasteiger partial charge in [-0.2, -0.15) is 0 Å². The predicted molar refractivity (Wildman–Crippen MR) is 144 cm³/mol. The molecule has 1 heterocycles. The van der Waals surface area contributed by atoms with E-state index >= 15 is 0 Å². The zero-order valence-electron chi connectivity index (χ0n) is 21.5. The molecule has 4 rings (SSSR count). The van der Waals surface area contributed by atoms with E-state index in [4.69, 9.17) is 21.1 Å². The Morgan fingerprint density at radius 3 is 2.22 bits per heavy atom. The molecule has 1 atom stereocenters. The summed E-state index contributed by atoms with van der Waals surface area (Å²) in [5.41, 5.74) is 2.45. The van der Waals surface area contributed by atoms with Gasteiger partial charge in [-0.1, -0.05) is 68.8 Å². The van der Waals surface area contributed by atoms with Gasteiger partial charge in [-0.3, -0.25) is 9.59 Å². The van der Waals surface area contributed by atoms with Crippen molar-refractivity contribution < 1.29 is 24.2 Å². The Bertz CT molecular complexity index is 1370. The van der Waals surface area contributed by atoms with Gasteiger partial charge in [0.25, 0.3) is 11.7 Å². The van der Waals surface area contributed by atoms with Crippen LogP contribution in [0.1, 0.15) is 49.1 Å². The van der Waals surface area contributed by atoms with Crippen LogP contribution in [-0.2, 0) is 21.5 Å². The van der Waals surface area contributed by atoms with E-state index in [2.05, 4.69) is 20.8 Å². The van der Waals surface area contributed by atoms with Crippen molar-refractivity contribution in [1.29, 1.82) is 0 Å². The van der Waals surface area contributed by atoms with Crippen molar-refractivity contribution in [2.24, 2.45) is 0 Å². The van der Waals surface area contributed by atoms with Crippen LogP contribution in [0.15, 0.2) is 72.3 Å². The number of Topliss-reactive ketones (excluding diaryl/α,β-unsaturated/α-hetero) is 1. The molecule has 1 aliphatic heterocycles. The van der Waals surface area contributed by atoms with Crippen molar-refractivity contribution >= 4 is 29.1 Å². The number of hydrogen-bond donors (Lipinski definition) is 1. The highest BCUT2D eigenvalue weighted by Crippen LogP contribution is 2.43. The number of rotatable bonds is 6. The topological polar surface area (TPSA) is 76.1 Å². The summed E-state index contributed by atoms with van der Waals surface area (Å²) in [6.07, 6.45) is 0. The lowest BCUT2D eigenvalue weighted by atomic mass is 9.85. The number of amides is 1. The number of methoxy groups -OCH3 is 2. The maximum atomic E-state index is 13.5. The Labute approximate surface area is 222 Å². The zero-order chi connectivity index (χ0) is 26.9. The molecule has 1 unspecified atom stereocenters. The molecule has 0 aromatic heterocycles. The first-order chi connectivity index (χ1) is 17.6. The number of aliphatic hydroxyl groups excluding tert-OH is 1. The van der Waals surface area contributed by atoms with E-state index in [-0.39, 0.29) is 23.3 Å². The summed E-state index contributed by atoms with van der Waals surface area (Å²) in [7, 11) is 3.05. The van der Waals surface area contributed by atoms with Crippen LogP contribution in [0.4, 0.5) is 0 Å². The highest BCUT2D eigenvalue weighted by atomic mass is 35.5. The van der Waals surface area contributed by atoms with E-state index < -0.39 is 17.7 Å². The number of para-hydroxylation sites is 1. The third kappa shape index (κ3) is 5.07. The lowest BCUT2D eigenvalue weighted by Crippen LogP contribution is -2.29. The minimum atomic E-state index is -0.842. The second-order valence-electron chi connectivity index (χ2n) is 9.96. The van der Waals surface area contributed by atoms with E-state index in [0.29, 0.717) is 27.6 Å². The SMILES string of the molecule is COc1ccccc1CN1C(=O)C(=O)/C(=C(/O)c2cc(C(C)(C)C)ccc2OC)C1c1ccc(Cl)cc1. The smallest absolute Gasteiger partial charge is 0.295 e. The molecule has 3 aromatic carbocycles. The molecular weight excluding hydrogens is 490 g/mol. The fourth-order valence-corrected chi connectivity index (χ4v) is 4.68. The number of benzene rings is 3. The average molecular weight is 520 g/mol. The summed E-state index contributed by atoms with van der Waals surface area (Å²) >= 11 is 6.13. The molecule has 1 saturated heterocycles. The minimum absolute atomic E-state index is 0.00780. The van der Waals surface area contributed by atoms with Gasteiger partial charge in [-0.15, -0.1) is 0 Å². The molecule has 1 fully saturated rings. The molecular formula is C30H30ClNO5. The number of likely N-dealkylation sites (tertiary alicyclic amines) is 1. The lowest BCUT2D eigenvalue weighted by molar-refractivity contribution is -0.140. The molecule has 1 N–H and O–H groups in total. The van der Waals surface area contributed by atoms with Crippen molar-refractivity contribution in [3.05, 3.63) is 99.6 Å². The first kappa shape index (κ1) is 26.3. The quantitative estimate of drug-likeness (QED) is 0.236. The fraction of sp³-hybridized carbons (Fsp3) is 0.267. The van der Waals surface area contributed by atoms with E-state index in [1.165, 1.54) is 12.0 Å². The summed E-state index contributed by atoms with van der Waals surface area (Å²) in [6.45, 7) is 6.27. The number of ether oxygens (including phenoxy) is 2. The number of halogens is 1. The average Bonchev–Trinajstić information content (AvgIpc) is 3.13. The van der Waals surface area contributed by atoms with E-state index in [9.17, 15) is 14.7 Å². The number of carbonyl (C=O) groups excluding carboxylic acids is 2. The monoisotopic (exact) mass is 519 g/mol. The van der Waals surface area contributed by atoms with Gasteiger partial charge >= 0.3 is 0 Å². The van der Waals surface area contributed by atoms with Gasteiger partial charge in [0.05, 0.1) is 37.9 Å².